The number of benzene rings is 1. The van der Waals surface area contributed by atoms with Gasteiger partial charge in [-0.1, -0.05) is 44.2 Å². The Kier molecular flexibility index (Phi) is 6.09. The van der Waals surface area contributed by atoms with Gasteiger partial charge in [0.15, 0.2) is 0 Å². The molecule has 1 saturated heterocycles. The van der Waals surface area contributed by atoms with Crippen molar-refractivity contribution < 1.29 is 4.79 Å². The van der Waals surface area contributed by atoms with Crippen LogP contribution in [0.15, 0.2) is 48.8 Å². The third-order valence-corrected chi connectivity index (χ3v) is 5.46. The zero-order valence-corrected chi connectivity index (χ0v) is 16.6. The molecule has 1 aromatic carbocycles. The lowest BCUT2D eigenvalue weighted by Crippen LogP contribution is -2.44. The van der Waals surface area contributed by atoms with E-state index in [4.69, 9.17) is 0 Å². The molecule has 5 heteroatoms. The summed E-state index contributed by atoms with van der Waals surface area (Å²) in [6, 6.07) is 12.5. The number of aromatic nitrogens is 2. The van der Waals surface area contributed by atoms with Crippen LogP contribution in [0.1, 0.15) is 45.6 Å². The molecule has 1 N–H and O–H groups in total. The van der Waals surface area contributed by atoms with E-state index in [-0.39, 0.29) is 23.3 Å². The molecule has 5 nitrogen and oxygen atoms in total. The van der Waals surface area contributed by atoms with Crippen molar-refractivity contribution in [2.45, 2.75) is 51.5 Å². The molecule has 3 rings (SSSR count). The monoisotopic (exact) mass is 366 g/mol. The topological polar surface area (TPSA) is 58.1 Å². The second kappa shape index (κ2) is 8.51. The molecule has 27 heavy (non-hydrogen) atoms. The molecule has 0 radical (unpaired) electrons. The normalized spacial score (nSPS) is 16.8. The van der Waals surface area contributed by atoms with Crippen LogP contribution < -0.4 is 10.2 Å². The van der Waals surface area contributed by atoms with Crippen molar-refractivity contribution in [1.82, 2.24) is 15.3 Å². The van der Waals surface area contributed by atoms with Crippen LogP contribution in [-0.4, -0.2) is 35.0 Å². The van der Waals surface area contributed by atoms with Crippen LogP contribution >= 0.6 is 0 Å². The first-order valence-electron chi connectivity index (χ1n) is 9.83. The maximum atomic E-state index is 12.7. The second-order valence-electron chi connectivity index (χ2n) is 8.17. The van der Waals surface area contributed by atoms with E-state index in [1.54, 1.807) is 12.4 Å². The molecule has 0 unspecified atom stereocenters. The van der Waals surface area contributed by atoms with Crippen LogP contribution in [0, 0.1) is 5.92 Å². The highest BCUT2D eigenvalue weighted by atomic mass is 16.1. The van der Waals surface area contributed by atoms with E-state index in [0.29, 0.717) is 0 Å². The van der Waals surface area contributed by atoms with Gasteiger partial charge in [0.1, 0.15) is 0 Å². The average Bonchev–Trinajstić information content (AvgIpc) is 2.69. The maximum Gasteiger partial charge on any atom is 0.225 e. The van der Waals surface area contributed by atoms with E-state index >= 15 is 0 Å². The fourth-order valence-electron chi connectivity index (χ4n) is 3.98. The Morgan fingerprint density at radius 1 is 1.15 bits per heavy atom. The Balaban J connectivity index is 1.49. The first-order valence-corrected chi connectivity index (χ1v) is 9.83. The summed E-state index contributed by atoms with van der Waals surface area (Å²) in [5, 5.41) is 3.24. The third kappa shape index (κ3) is 5.06. The predicted molar refractivity (Wildman–Crippen MR) is 109 cm³/mol. The van der Waals surface area contributed by atoms with Crippen molar-refractivity contribution in [2.75, 3.05) is 18.0 Å². The highest BCUT2D eigenvalue weighted by molar-refractivity contribution is 5.79. The summed E-state index contributed by atoms with van der Waals surface area (Å²) in [7, 11) is 0. The van der Waals surface area contributed by atoms with Crippen molar-refractivity contribution >= 4 is 11.9 Å². The summed E-state index contributed by atoms with van der Waals surface area (Å²) in [5.41, 5.74) is 1.34. The number of nitrogens with one attached hydrogen (secondary N) is 1. The molecule has 2 heterocycles. The summed E-state index contributed by atoms with van der Waals surface area (Å²) in [6.07, 6.45) is 6.13. The number of hydrogen-bond donors (Lipinski definition) is 1. The number of anilines is 1. The molecule has 1 fully saturated rings. The minimum atomic E-state index is 0.0297. The van der Waals surface area contributed by atoms with Crippen molar-refractivity contribution in [3.8, 4) is 0 Å². The second-order valence-corrected chi connectivity index (χ2v) is 8.17. The van der Waals surface area contributed by atoms with Gasteiger partial charge in [0.05, 0.1) is 0 Å². The number of piperidine rings is 1. The SMILES string of the molecule is C[C@@H](CC(C)(C)c1ccccc1)NC(=O)C1CCN(c2ncccn2)CC1. The third-order valence-electron chi connectivity index (χ3n) is 5.46. The van der Waals surface area contributed by atoms with E-state index in [1.807, 2.05) is 12.1 Å². The van der Waals surface area contributed by atoms with Gasteiger partial charge in [-0.25, -0.2) is 9.97 Å². The fraction of sp³-hybridized carbons (Fsp3) is 0.500. The van der Waals surface area contributed by atoms with E-state index in [0.717, 1.165) is 38.3 Å². The number of carbonyl (C=O) groups is 1. The zero-order chi connectivity index (χ0) is 19.3. The lowest BCUT2D eigenvalue weighted by atomic mass is 9.79. The maximum absolute atomic E-state index is 12.7. The molecule has 1 aromatic heterocycles. The number of rotatable bonds is 6. The summed E-state index contributed by atoms with van der Waals surface area (Å²) >= 11 is 0. The standard InChI is InChI=1S/C22H30N4O/c1-17(16-22(2,3)19-8-5-4-6-9-19)25-20(27)18-10-14-26(15-11-18)21-23-12-7-13-24-21/h4-9,12-13,17-18H,10-11,14-16H2,1-3H3,(H,25,27)/t17-/m0/s1. The fourth-order valence-corrected chi connectivity index (χ4v) is 3.98. The van der Waals surface area contributed by atoms with Crippen LogP contribution in [-0.2, 0) is 10.2 Å². The Bertz CT molecular complexity index is 724. The lowest BCUT2D eigenvalue weighted by molar-refractivity contribution is -0.126. The largest absolute Gasteiger partial charge is 0.353 e. The number of hydrogen-bond acceptors (Lipinski definition) is 4. The highest BCUT2D eigenvalue weighted by Crippen LogP contribution is 2.28. The van der Waals surface area contributed by atoms with E-state index < -0.39 is 0 Å². The molecule has 144 valence electrons. The average molecular weight is 367 g/mol. The van der Waals surface area contributed by atoms with E-state index in [9.17, 15) is 4.79 Å². The van der Waals surface area contributed by atoms with Gasteiger partial charge in [0.25, 0.3) is 0 Å². The summed E-state index contributed by atoms with van der Waals surface area (Å²) in [6.45, 7) is 8.24. The number of nitrogens with zero attached hydrogens (tertiary/aromatic N) is 3. The Morgan fingerprint density at radius 3 is 2.41 bits per heavy atom. The summed E-state index contributed by atoms with van der Waals surface area (Å²) in [5.74, 6) is 1.02. The predicted octanol–water partition coefficient (Wildman–Crippen LogP) is 3.57. The van der Waals surface area contributed by atoms with Gasteiger partial charge in [0.2, 0.25) is 11.9 Å². The van der Waals surface area contributed by atoms with Crippen molar-refractivity contribution in [3.63, 3.8) is 0 Å². The molecular weight excluding hydrogens is 336 g/mol. The minimum absolute atomic E-state index is 0.0297. The molecule has 0 spiro atoms. The number of amides is 1. The summed E-state index contributed by atoms with van der Waals surface area (Å²) < 4.78 is 0. The summed E-state index contributed by atoms with van der Waals surface area (Å²) in [4.78, 5) is 23.5. The van der Waals surface area contributed by atoms with Gasteiger partial charge >= 0.3 is 0 Å². The van der Waals surface area contributed by atoms with Crippen molar-refractivity contribution in [1.29, 1.82) is 0 Å². The molecular formula is C22H30N4O. The van der Waals surface area contributed by atoms with Gasteiger partial charge in [-0.15, -0.1) is 0 Å². The number of carbonyl (C=O) groups excluding carboxylic acids is 1. The van der Waals surface area contributed by atoms with Crippen molar-refractivity contribution in [3.05, 3.63) is 54.4 Å². The lowest BCUT2D eigenvalue weighted by Gasteiger charge is -2.33. The molecule has 0 bridgehead atoms. The first kappa shape index (κ1) is 19.3. The first-order chi connectivity index (χ1) is 13.0. The van der Waals surface area contributed by atoms with Crippen LogP contribution in [0.2, 0.25) is 0 Å². The van der Waals surface area contributed by atoms with Crippen LogP contribution in [0.4, 0.5) is 5.95 Å². The van der Waals surface area contributed by atoms with E-state index in [1.165, 1.54) is 5.56 Å². The molecule has 2 aromatic rings. The van der Waals surface area contributed by atoms with Gasteiger partial charge in [-0.3, -0.25) is 4.79 Å². The minimum Gasteiger partial charge on any atom is -0.353 e. The van der Waals surface area contributed by atoms with Gasteiger partial charge < -0.3 is 10.2 Å². The highest BCUT2D eigenvalue weighted by Gasteiger charge is 2.29. The van der Waals surface area contributed by atoms with Gasteiger partial charge in [-0.05, 0) is 43.2 Å². The van der Waals surface area contributed by atoms with Crippen LogP contribution in [0.3, 0.4) is 0 Å². The van der Waals surface area contributed by atoms with Crippen LogP contribution in [0.25, 0.3) is 0 Å². The molecule has 0 aliphatic carbocycles. The van der Waals surface area contributed by atoms with E-state index in [2.05, 4.69) is 65.2 Å². The van der Waals surface area contributed by atoms with Crippen molar-refractivity contribution in [2.24, 2.45) is 5.92 Å². The quantitative estimate of drug-likeness (QED) is 0.849. The Hall–Kier alpha value is -2.43. The zero-order valence-electron chi connectivity index (χ0n) is 16.6. The molecule has 1 atom stereocenters. The van der Waals surface area contributed by atoms with Gasteiger partial charge in [0, 0.05) is 37.4 Å². The smallest absolute Gasteiger partial charge is 0.225 e. The molecule has 1 aliphatic rings. The molecule has 1 amide bonds. The molecule has 0 saturated carbocycles. The molecule has 1 aliphatic heterocycles. The van der Waals surface area contributed by atoms with Crippen LogP contribution in [0.5, 0.6) is 0 Å². The van der Waals surface area contributed by atoms with Gasteiger partial charge in [-0.2, -0.15) is 0 Å². The Morgan fingerprint density at radius 2 is 1.78 bits per heavy atom. The Labute approximate surface area is 162 Å².